The predicted molar refractivity (Wildman–Crippen MR) is 126 cm³/mol. The van der Waals surface area contributed by atoms with Crippen LogP contribution in [0.2, 0.25) is 10.0 Å². The molecule has 8 nitrogen and oxygen atoms in total. The van der Waals surface area contributed by atoms with Crippen LogP contribution in [0.1, 0.15) is 6.92 Å². The van der Waals surface area contributed by atoms with E-state index in [1.54, 1.807) is 0 Å². The molecule has 0 aliphatic heterocycles. The maximum Gasteiger partial charge on any atom is 0.206 e. The summed E-state index contributed by atoms with van der Waals surface area (Å²) in [5, 5.41) is 19.3. The predicted octanol–water partition coefficient (Wildman–Crippen LogP) is 2.98. The fourth-order valence-electron chi connectivity index (χ4n) is 2.54. The molecule has 0 saturated carbocycles. The second kappa shape index (κ2) is 11.9. The molecule has 2 N–H and O–H groups in total. The molecule has 184 valence electrons. The first kappa shape index (κ1) is 28.0. The van der Waals surface area contributed by atoms with E-state index in [-0.39, 0.29) is 56.2 Å². The van der Waals surface area contributed by atoms with Crippen LogP contribution >= 0.6 is 34.8 Å². The Hall–Kier alpha value is -1.27. The van der Waals surface area contributed by atoms with Gasteiger partial charge < -0.3 is 19.7 Å². The molecule has 0 radical (unpaired) electrons. The summed E-state index contributed by atoms with van der Waals surface area (Å²) in [6.45, 7) is 1.03. The quantitative estimate of drug-likeness (QED) is 0.379. The molecule has 2 atom stereocenters. The lowest BCUT2D eigenvalue weighted by atomic mass is 10.3. The van der Waals surface area contributed by atoms with Crippen LogP contribution in [0.25, 0.3) is 0 Å². The van der Waals surface area contributed by atoms with E-state index < -0.39 is 37.6 Å². The van der Waals surface area contributed by atoms with E-state index in [1.807, 2.05) is 0 Å². The number of ether oxygens (including phenoxy) is 2. The zero-order valence-electron chi connectivity index (χ0n) is 17.4. The van der Waals surface area contributed by atoms with Gasteiger partial charge in [0.25, 0.3) is 0 Å². The molecular formula is C20H23Cl3O8S2. The van der Waals surface area contributed by atoms with E-state index in [4.69, 9.17) is 44.3 Å². The van der Waals surface area contributed by atoms with Gasteiger partial charge in [-0.3, -0.25) is 0 Å². The van der Waals surface area contributed by atoms with Gasteiger partial charge in [-0.05, 0) is 36.4 Å². The normalized spacial score (nSPS) is 14.0. The highest BCUT2D eigenvalue weighted by Crippen LogP contribution is 2.33. The second-order valence-corrected chi connectivity index (χ2v) is 12.4. The first-order valence-electron chi connectivity index (χ1n) is 9.62. The van der Waals surface area contributed by atoms with E-state index in [0.717, 1.165) is 0 Å². The third-order valence-corrected chi connectivity index (χ3v) is 8.82. The topological polar surface area (TPSA) is 127 Å². The number of sulfone groups is 2. The average Bonchev–Trinajstić information content (AvgIpc) is 2.76. The third kappa shape index (κ3) is 7.88. The number of benzene rings is 2. The third-order valence-electron chi connectivity index (χ3n) is 4.35. The van der Waals surface area contributed by atoms with Crippen molar-refractivity contribution >= 4 is 54.5 Å². The summed E-state index contributed by atoms with van der Waals surface area (Å²) < 4.78 is 59.7. The van der Waals surface area contributed by atoms with Gasteiger partial charge in [0.2, 0.25) is 9.84 Å². The first-order chi connectivity index (χ1) is 15.4. The highest BCUT2D eigenvalue weighted by atomic mass is 35.5. The number of halogens is 3. The van der Waals surface area contributed by atoms with Crippen LogP contribution in [0.15, 0.2) is 46.2 Å². The molecule has 0 amide bonds. The Balaban J connectivity index is 2.15. The van der Waals surface area contributed by atoms with Gasteiger partial charge in [0.1, 0.15) is 36.9 Å². The van der Waals surface area contributed by atoms with Gasteiger partial charge in [-0.1, -0.05) is 30.1 Å². The van der Waals surface area contributed by atoms with Crippen LogP contribution in [0, 0.1) is 0 Å². The van der Waals surface area contributed by atoms with Gasteiger partial charge in [-0.2, -0.15) is 0 Å². The van der Waals surface area contributed by atoms with E-state index in [0.29, 0.717) is 0 Å². The van der Waals surface area contributed by atoms with Crippen LogP contribution in [0.4, 0.5) is 0 Å². The highest BCUT2D eigenvalue weighted by molar-refractivity contribution is 7.91. The fraction of sp³-hybridized carbons (Fsp3) is 0.400. The molecular weight excluding hydrogens is 539 g/mol. The average molecular weight is 562 g/mol. The first-order valence-corrected chi connectivity index (χ1v) is 14.2. The lowest BCUT2D eigenvalue weighted by molar-refractivity contribution is 0.125. The van der Waals surface area contributed by atoms with Crippen LogP contribution in [0.3, 0.4) is 0 Å². The van der Waals surface area contributed by atoms with Crippen molar-refractivity contribution in [2.24, 2.45) is 0 Å². The van der Waals surface area contributed by atoms with Crippen molar-refractivity contribution in [3.05, 3.63) is 46.4 Å². The van der Waals surface area contributed by atoms with Crippen molar-refractivity contribution in [1.82, 2.24) is 0 Å². The Labute approximate surface area is 207 Å². The van der Waals surface area contributed by atoms with Crippen molar-refractivity contribution in [2.75, 3.05) is 30.6 Å². The molecule has 2 rings (SSSR count). The summed E-state index contributed by atoms with van der Waals surface area (Å²) in [5.74, 6) is -0.321. The molecule has 0 spiro atoms. The molecule has 2 aromatic carbocycles. The maximum absolute atomic E-state index is 13.0. The van der Waals surface area contributed by atoms with Crippen molar-refractivity contribution in [2.45, 2.75) is 28.9 Å². The molecule has 0 aliphatic rings. The smallest absolute Gasteiger partial charge is 0.206 e. The SMILES string of the molecule is CCS(=O)(=O)C[C@H](O)COc1ccc(S(=O)(=O)c2ccc(OC[C@H](O)CCl)c(Cl)c2)cc1Cl. The summed E-state index contributed by atoms with van der Waals surface area (Å²) in [5.41, 5.74) is 0. The van der Waals surface area contributed by atoms with Crippen molar-refractivity contribution < 1.29 is 36.5 Å². The minimum Gasteiger partial charge on any atom is -0.489 e. The number of hydrogen-bond acceptors (Lipinski definition) is 8. The molecule has 0 bridgehead atoms. The Morgan fingerprint density at radius 3 is 1.70 bits per heavy atom. The molecule has 0 heterocycles. The van der Waals surface area contributed by atoms with Crippen LogP contribution in [-0.2, 0) is 19.7 Å². The fourth-order valence-corrected chi connectivity index (χ4v) is 5.46. The molecule has 13 heteroatoms. The van der Waals surface area contributed by atoms with Gasteiger partial charge in [0, 0.05) is 5.75 Å². The van der Waals surface area contributed by atoms with Crippen LogP contribution in [0.5, 0.6) is 11.5 Å². The Bertz CT molecular complexity index is 1170. The number of aliphatic hydroxyl groups excluding tert-OH is 2. The monoisotopic (exact) mass is 560 g/mol. The Kier molecular flexibility index (Phi) is 10.1. The maximum atomic E-state index is 13.0. The van der Waals surface area contributed by atoms with Crippen LogP contribution in [-0.4, -0.2) is 69.9 Å². The molecule has 33 heavy (non-hydrogen) atoms. The summed E-state index contributed by atoms with van der Waals surface area (Å²) >= 11 is 17.8. The molecule has 0 unspecified atom stereocenters. The molecule has 0 aromatic heterocycles. The summed E-state index contributed by atoms with van der Waals surface area (Å²) in [6, 6.07) is 7.62. The van der Waals surface area contributed by atoms with Gasteiger partial charge in [0.05, 0.1) is 31.5 Å². The summed E-state index contributed by atoms with van der Waals surface area (Å²) in [7, 11) is -7.38. The van der Waals surface area contributed by atoms with E-state index in [9.17, 15) is 27.0 Å². The van der Waals surface area contributed by atoms with Gasteiger partial charge >= 0.3 is 0 Å². The number of aliphatic hydroxyl groups is 2. The Morgan fingerprint density at radius 2 is 1.30 bits per heavy atom. The van der Waals surface area contributed by atoms with E-state index in [2.05, 4.69) is 0 Å². The number of rotatable bonds is 12. The summed E-state index contributed by atoms with van der Waals surface area (Å²) in [4.78, 5) is -0.237. The number of alkyl halides is 1. The lowest BCUT2D eigenvalue weighted by Crippen LogP contribution is -2.28. The largest absolute Gasteiger partial charge is 0.489 e. The molecule has 0 aliphatic carbocycles. The minimum atomic E-state index is -3.99. The molecule has 0 saturated heterocycles. The molecule has 0 fully saturated rings. The Morgan fingerprint density at radius 1 is 0.848 bits per heavy atom. The zero-order valence-corrected chi connectivity index (χ0v) is 21.3. The van der Waals surface area contributed by atoms with Crippen molar-refractivity contribution in [1.29, 1.82) is 0 Å². The van der Waals surface area contributed by atoms with Crippen molar-refractivity contribution in [3.8, 4) is 11.5 Å². The zero-order chi connectivity index (χ0) is 24.8. The van der Waals surface area contributed by atoms with Crippen LogP contribution < -0.4 is 9.47 Å². The van der Waals surface area contributed by atoms with Crippen molar-refractivity contribution in [3.63, 3.8) is 0 Å². The van der Waals surface area contributed by atoms with Gasteiger partial charge in [-0.15, -0.1) is 11.6 Å². The van der Waals surface area contributed by atoms with E-state index >= 15 is 0 Å². The minimum absolute atomic E-state index is 0.0264. The van der Waals surface area contributed by atoms with E-state index in [1.165, 1.54) is 43.3 Å². The highest BCUT2D eigenvalue weighted by Gasteiger charge is 2.22. The number of hydrogen-bond donors (Lipinski definition) is 2. The second-order valence-electron chi connectivity index (χ2n) is 6.97. The summed E-state index contributed by atoms with van der Waals surface area (Å²) in [6.07, 6.45) is -2.16. The van der Waals surface area contributed by atoms with Gasteiger partial charge in [0.15, 0.2) is 9.84 Å². The standard InChI is InChI=1S/C20H23Cl3O8S2/c1-2-32(26,27)12-14(25)11-31-20-6-4-16(8-18(20)23)33(28,29)15-3-5-19(17(22)7-15)30-10-13(24)9-21/h3-8,13-14,24-25H,2,9-12H2,1H3/t13-,14-/m1/s1. The van der Waals surface area contributed by atoms with Gasteiger partial charge in [-0.25, -0.2) is 16.8 Å². The molecule has 2 aromatic rings. The lowest BCUT2D eigenvalue weighted by Gasteiger charge is -2.14.